The van der Waals surface area contributed by atoms with Gasteiger partial charge in [-0.2, -0.15) is 0 Å². The number of fused-ring (bicyclic) bond motifs is 1. The van der Waals surface area contributed by atoms with Crippen molar-refractivity contribution in [2.24, 2.45) is 0 Å². The number of aromatic nitrogens is 3. The lowest BCUT2D eigenvalue weighted by atomic mass is 10.2. The summed E-state index contributed by atoms with van der Waals surface area (Å²) in [6.45, 7) is 2.16. The Kier molecular flexibility index (Phi) is 1.78. The van der Waals surface area contributed by atoms with Crippen LogP contribution in [-0.2, 0) is 6.42 Å². The van der Waals surface area contributed by atoms with E-state index in [2.05, 4.69) is 27.9 Å². The summed E-state index contributed by atoms with van der Waals surface area (Å²) in [5.74, 6) is 0. The van der Waals surface area contributed by atoms with E-state index in [1.165, 1.54) is 5.69 Å². The fraction of sp³-hybridized carbons (Fsp3) is 0.333. The normalized spacial score (nSPS) is 10.8. The summed E-state index contributed by atoms with van der Waals surface area (Å²) in [5.41, 5.74) is 2.18. The number of rotatable bonds is 2. The molecule has 0 saturated heterocycles. The summed E-state index contributed by atoms with van der Waals surface area (Å²) in [6.07, 6.45) is 5.63. The molecule has 0 atom stereocenters. The van der Waals surface area contributed by atoms with Gasteiger partial charge in [0.05, 0.1) is 0 Å². The average molecular weight is 161 g/mol. The molecule has 0 aromatic carbocycles. The minimum Gasteiger partial charge on any atom is -0.343 e. The first-order valence-electron chi connectivity index (χ1n) is 4.17. The molecule has 0 unspecified atom stereocenters. The van der Waals surface area contributed by atoms with Gasteiger partial charge in [-0.3, -0.25) is 0 Å². The van der Waals surface area contributed by atoms with E-state index in [-0.39, 0.29) is 0 Å². The largest absolute Gasteiger partial charge is 0.343 e. The van der Waals surface area contributed by atoms with Crippen LogP contribution in [0.5, 0.6) is 0 Å². The molecule has 0 spiro atoms. The van der Waals surface area contributed by atoms with Gasteiger partial charge in [-0.05, 0) is 12.5 Å². The quantitative estimate of drug-likeness (QED) is 0.731. The van der Waals surface area contributed by atoms with Gasteiger partial charge < -0.3 is 4.98 Å². The fourth-order valence-electron chi connectivity index (χ4n) is 1.33. The maximum atomic E-state index is 4.12. The van der Waals surface area contributed by atoms with Gasteiger partial charge in [0, 0.05) is 17.3 Å². The van der Waals surface area contributed by atoms with Gasteiger partial charge in [0.15, 0.2) is 0 Å². The van der Waals surface area contributed by atoms with E-state index in [1.807, 2.05) is 6.20 Å². The number of nitrogens with zero attached hydrogens (tertiary/aromatic N) is 2. The third-order valence-corrected chi connectivity index (χ3v) is 1.87. The van der Waals surface area contributed by atoms with Gasteiger partial charge in [0.1, 0.15) is 12.0 Å². The van der Waals surface area contributed by atoms with E-state index in [0.29, 0.717) is 0 Å². The van der Waals surface area contributed by atoms with Crippen LogP contribution in [0.15, 0.2) is 18.6 Å². The van der Waals surface area contributed by atoms with Crippen molar-refractivity contribution in [1.82, 2.24) is 15.0 Å². The van der Waals surface area contributed by atoms with Crippen molar-refractivity contribution >= 4 is 11.0 Å². The van der Waals surface area contributed by atoms with Crippen molar-refractivity contribution in [2.75, 3.05) is 0 Å². The Balaban J connectivity index is 2.47. The monoisotopic (exact) mass is 161 g/mol. The Hall–Kier alpha value is -1.38. The highest BCUT2D eigenvalue weighted by Crippen LogP contribution is 2.11. The van der Waals surface area contributed by atoms with Gasteiger partial charge in [-0.15, -0.1) is 0 Å². The highest BCUT2D eigenvalue weighted by molar-refractivity contribution is 5.75. The molecule has 3 heteroatoms. The lowest BCUT2D eigenvalue weighted by Crippen LogP contribution is -1.81. The summed E-state index contributed by atoms with van der Waals surface area (Å²) >= 11 is 0. The number of H-pyrrole nitrogens is 1. The molecule has 12 heavy (non-hydrogen) atoms. The molecular weight excluding hydrogens is 150 g/mol. The highest BCUT2D eigenvalue weighted by atomic mass is 14.9. The molecule has 0 aliphatic rings. The lowest BCUT2D eigenvalue weighted by Gasteiger charge is -1.88. The van der Waals surface area contributed by atoms with E-state index < -0.39 is 0 Å². The minimum absolute atomic E-state index is 0.938. The van der Waals surface area contributed by atoms with Crippen molar-refractivity contribution in [3.05, 3.63) is 24.3 Å². The van der Waals surface area contributed by atoms with E-state index >= 15 is 0 Å². The molecule has 2 rings (SSSR count). The maximum absolute atomic E-state index is 4.12. The molecule has 0 aliphatic heterocycles. The van der Waals surface area contributed by atoms with Crippen LogP contribution in [0.1, 0.15) is 19.0 Å². The number of aryl methyl sites for hydroxylation is 1. The fourth-order valence-corrected chi connectivity index (χ4v) is 1.33. The van der Waals surface area contributed by atoms with Crippen LogP contribution in [0, 0.1) is 0 Å². The Morgan fingerprint density at radius 1 is 1.50 bits per heavy atom. The first-order valence-corrected chi connectivity index (χ1v) is 4.17. The van der Waals surface area contributed by atoms with Crippen LogP contribution in [0.4, 0.5) is 0 Å². The molecule has 0 radical (unpaired) electrons. The van der Waals surface area contributed by atoms with Gasteiger partial charge in [-0.1, -0.05) is 13.3 Å². The van der Waals surface area contributed by atoms with Crippen LogP contribution < -0.4 is 0 Å². The van der Waals surface area contributed by atoms with Crippen LogP contribution in [-0.4, -0.2) is 15.0 Å². The van der Waals surface area contributed by atoms with E-state index in [4.69, 9.17) is 0 Å². The van der Waals surface area contributed by atoms with Crippen LogP contribution >= 0.6 is 0 Å². The van der Waals surface area contributed by atoms with Gasteiger partial charge >= 0.3 is 0 Å². The van der Waals surface area contributed by atoms with Gasteiger partial charge in [-0.25, -0.2) is 9.97 Å². The SMILES string of the molecule is CCCc1cc2cncnc2[nH]1. The average Bonchev–Trinajstić information content (AvgIpc) is 2.47. The molecule has 0 amide bonds. The molecule has 3 nitrogen and oxygen atoms in total. The smallest absolute Gasteiger partial charge is 0.140 e. The zero-order valence-electron chi connectivity index (χ0n) is 7.04. The third-order valence-electron chi connectivity index (χ3n) is 1.87. The molecule has 0 saturated carbocycles. The molecule has 0 fully saturated rings. The zero-order chi connectivity index (χ0) is 8.39. The molecule has 2 aromatic heterocycles. The molecule has 1 N–H and O–H groups in total. The molecule has 2 aromatic rings. The number of hydrogen-bond acceptors (Lipinski definition) is 2. The van der Waals surface area contributed by atoms with E-state index in [1.54, 1.807) is 6.33 Å². The molecule has 0 aliphatic carbocycles. The predicted molar refractivity (Wildman–Crippen MR) is 47.9 cm³/mol. The third kappa shape index (κ3) is 1.18. The van der Waals surface area contributed by atoms with Crippen molar-refractivity contribution in [2.45, 2.75) is 19.8 Å². The second kappa shape index (κ2) is 2.93. The summed E-state index contributed by atoms with van der Waals surface area (Å²) < 4.78 is 0. The summed E-state index contributed by atoms with van der Waals surface area (Å²) in [7, 11) is 0. The number of hydrogen-bond donors (Lipinski definition) is 1. The molecule has 62 valence electrons. The second-order valence-electron chi connectivity index (χ2n) is 2.87. The molecule has 0 bridgehead atoms. The molecule has 2 heterocycles. The van der Waals surface area contributed by atoms with Crippen LogP contribution in [0.3, 0.4) is 0 Å². The van der Waals surface area contributed by atoms with Gasteiger partial charge in [0.25, 0.3) is 0 Å². The Morgan fingerprint density at radius 3 is 3.17 bits per heavy atom. The van der Waals surface area contributed by atoms with Crippen LogP contribution in [0.2, 0.25) is 0 Å². The minimum atomic E-state index is 0.938. The zero-order valence-corrected chi connectivity index (χ0v) is 7.04. The van der Waals surface area contributed by atoms with Crippen molar-refractivity contribution in [3.8, 4) is 0 Å². The Morgan fingerprint density at radius 2 is 2.42 bits per heavy atom. The van der Waals surface area contributed by atoms with Crippen molar-refractivity contribution in [1.29, 1.82) is 0 Å². The predicted octanol–water partition coefficient (Wildman–Crippen LogP) is 1.91. The Bertz CT molecular complexity index is 345. The first-order chi connectivity index (χ1) is 5.90. The van der Waals surface area contributed by atoms with Crippen molar-refractivity contribution < 1.29 is 0 Å². The van der Waals surface area contributed by atoms with E-state index in [9.17, 15) is 0 Å². The maximum Gasteiger partial charge on any atom is 0.140 e. The number of aromatic amines is 1. The van der Waals surface area contributed by atoms with Crippen LogP contribution in [0.25, 0.3) is 11.0 Å². The van der Waals surface area contributed by atoms with Crippen molar-refractivity contribution in [3.63, 3.8) is 0 Å². The highest BCUT2D eigenvalue weighted by Gasteiger charge is 1.98. The van der Waals surface area contributed by atoms with E-state index in [0.717, 1.165) is 23.9 Å². The summed E-state index contributed by atoms with van der Waals surface area (Å²) in [4.78, 5) is 11.3. The topological polar surface area (TPSA) is 41.6 Å². The summed E-state index contributed by atoms with van der Waals surface area (Å²) in [5, 5.41) is 1.10. The second-order valence-corrected chi connectivity index (χ2v) is 2.87. The lowest BCUT2D eigenvalue weighted by molar-refractivity contribution is 0.894. The molecular formula is C9H11N3. The Labute approximate surface area is 70.9 Å². The van der Waals surface area contributed by atoms with Gasteiger partial charge in [0.2, 0.25) is 0 Å². The standard InChI is InChI=1S/C9H11N3/c1-2-3-8-4-7-5-10-6-11-9(7)12-8/h4-6H,2-3H2,1H3,(H,10,11,12). The number of nitrogens with one attached hydrogen (secondary N) is 1. The first kappa shape index (κ1) is 7.28. The summed E-state index contributed by atoms with van der Waals surface area (Å²) in [6, 6.07) is 2.11.